The lowest BCUT2D eigenvalue weighted by Gasteiger charge is -2.26. The van der Waals surface area contributed by atoms with E-state index in [4.69, 9.17) is 0 Å². The first-order valence-corrected chi connectivity index (χ1v) is 12.0. The van der Waals surface area contributed by atoms with Crippen LogP contribution in [-0.2, 0) is 0 Å². The average molecular weight is 453 g/mol. The fourth-order valence-electron chi connectivity index (χ4n) is 3.80. The molecule has 34 heavy (non-hydrogen) atoms. The zero-order chi connectivity index (χ0) is 23.8. The van der Waals surface area contributed by atoms with Crippen LogP contribution in [-0.4, -0.2) is 23.1 Å². The second-order valence-corrected chi connectivity index (χ2v) is 8.30. The summed E-state index contributed by atoms with van der Waals surface area (Å²) >= 11 is 0. The Morgan fingerprint density at radius 3 is 2.21 bits per heavy atom. The number of azo groups is 1. The van der Waals surface area contributed by atoms with Crippen molar-refractivity contribution in [3.63, 3.8) is 0 Å². The molecule has 0 unspecified atom stereocenters. The lowest BCUT2D eigenvalue weighted by Crippen LogP contribution is -2.25. The molecular weight excluding hydrogens is 422 g/mol. The van der Waals surface area contributed by atoms with Crippen LogP contribution >= 0.6 is 0 Å². The fourth-order valence-corrected chi connectivity index (χ4v) is 3.80. The fraction of sp³-hybridized carbons (Fsp3) is 0.286. The summed E-state index contributed by atoms with van der Waals surface area (Å²) in [6, 6.07) is 22.9. The van der Waals surface area contributed by atoms with Crippen LogP contribution in [0, 0.1) is 0 Å². The van der Waals surface area contributed by atoms with Crippen molar-refractivity contribution in [3.05, 3.63) is 72.8 Å². The van der Waals surface area contributed by atoms with Crippen LogP contribution in [0.25, 0.3) is 22.3 Å². The van der Waals surface area contributed by atoms with Gasteiger partial charge >= 0.3 is 0 Å². The van der Waals surface area contributed by atoms with Gasteiger partial charge in [-0.25, -0.2) is 9.97 Å². The minimum absolute atomic E-state index is 0.138. The van der Waals surface area contributed by atoms with Gasteiger partial charge in [0.1, 0.15) is 0 Å². The standard InChI is InChI=1S/C28H31N5O/c1-3-5-18-33(19-6-4-2)22-16-17-25(26(34)20-22)31-32-28-23-14-10-11-15-24(23)29-27(30-28)21-12-8-7-9-13-21/h7-17,20,34H,3-6,18-19H2,1-2H3/p-1. The lowest BCUT2D eigenvalue weighted by molar-refractivity contribution is -0.267. The third kappa shape index (κ3) is 5.57. The summed E-state index contributed by atoms with van der Waals surface area (Å²) in [7, 11) is 0. The highest BCUT2D eigenvalue weighted by atomic mass is 16.3. The quantitative estimate of drug-likeness (QED) is 0.239. The number of para-hydroxylation sites is 1. The molecule has 0 fully saturated rings. The van der Waals surface area contributed by atoms with Crippen molar-refractivity contribution >= 4 is 28.1 Å². The van der Waals surface area contributed by atoms with Gasteiger partial charge in [-0.05, 0) is 43.2 Å². The summed E-state index contributed by atoms with van der Waals surface area (Å²) in [5, 5.41) is 22.3. The van der Waals surface area contributed by atoms with E-state index in [2.05, 4.69) is 38.9 Å². The van der Waals surface area contributed by atoms with E-state index < -0.39 is 0 Å². The maximum Gasteiger partial charge on any atom is 0.185 e. The number of hydrogen-bond acceptors (Lipinski definition) is 6. The molecule has 0 amide bonds. The number of anilines is 1. The molecule has 4 aromatic rings. The van der Waals surface area contributed by atoms with Crippen LogP contribution in [0.15, 0.2) is 83.0 Å². The Hall–Kier alpha value is -3.80. The van der Waals surface area contributed by atoms with E-state index in [0.29, 0.717) is 17.3 Å². The highest BCUT2D eigenvalue weighted by molar-refractivity contribution is 5.89. The zero-order valence-electron chi connectivity index (χ0n) is 19.8. The molecular formula is C28H30N5O-. The average Bonchev–Trinajstić information content (AvgIpc) is 2.88. The summed E-state index contributed by atoms with van der Waals surface area (Å²) in [6.45, 7) is 6.26. The highest BCUT2D eigenvalue weighted by Gasteiger charge is 2.10. The lowest BCUT2D eigenvalue weighted by atomic mass is 10.2. The Morgan fingerprint density at radius 1 is 0.794 bits per heavy atom. The minimum Gasteiger partial charge on any atom is -0.871 e. The van der Waals surface area contributed by atoms with E-state index >= 15 is 0 Å². The van der Waals surface area contributed by atoms with Crippen LogP contribution in [0.3, 0.4) is 0 Å². The largest absolute Gasteiger partial charge is 0.871 e. The first-order chi connectivity index (χ1) is 16.7. The van der Waals surface area contributed by atoms with Crippen molar-refractivity contribution in [2.75, 3.05) is 18.0 Å². The maximum atomic E-state index is 12.9. The van der Waals surface area contributed by atoms with E-state index in [-0.39, 0.29) is 5.75 Å². The van der Waals surface area contributed by atoms with E-state index in [1.54, 1.807) is 12.1 Å². The Kier molecular flexibility index (Phi) is 7.81. The van der Waals surface area contributed by atoms with Gasteiger partial charge in [-0.3, -0.25) is 0 Å². The van der Waals surface area contributed by atoms with Crippen molar-refractivity contribution in [1.82, 2.24) is 9.97 Å². The molecule has 0 spiro atoms. The molecule has 0 aliphatic heterocycles. The maximum absolute atomic E-state index is 12.9. The highest BCUT2D eigenvalue weighted by Crippen LogP contribution is 2.32. The zero-order valence-corrected chi connectivity index (χ0v) is 19.8. The molecule has 174 valence electrons. The molecule has 0 bridgehead atoms. The molecule has 0 aliphatic carbocycles. The molecule has 1 heterocycles. The Bertz CT molecular complexity index is 1250. The molecule has 0 saturated heterocycles. The minimum atomic E-state index is -0.138. The van der Waals surface area contributed by atoms with Crippen molar-refractivity contribution < 1.29 is 5.11 Å². The third-order valence-corrected chi connectivity index (χ3v) is 5.74. The summed E-state index contributed by atoms with van der Waals surface area (Å²) in [4.78, 5) is 11.6. The number of unbranched alkanes of at least 4 members (excludes halogenated alkanes) is 2. The van der Waals surface area contributed by atoms with Crippen LogP contribution in [0.1, 0.15) is 39.5 Å². The number of benzene rings is 3. The first-order valence-electron chi connectivity index (χ1n) is 12.0. The molecule has 0 radical (unpaired) electrons. The van der Waals surface area contributed by atoms with Gasteiger partial charge in [0.15, 0.2) is 11.6 Å². The smallest absolute Gasteiger partial charge is 0.185 e. The van der Waals surface area contributed by atoms with Gasteiger partial charge in [-0.1, -0.05) is 74.9 Å². The van der Waals surface area contributed by atoms with E-state index in [9.17, 15) is 5.11 Å². The SMILES string of the molecule is CCCCN(CCCC)c1ccc(N=Nc2nc(-c3ccccc3)nc3ccccc23)c([O-])c1. The number of hydrogen-bond donors (Lipinski definition) is 0. The molecule has 6 heteroatoms. The molecule has 0 N–H and O–H groups in total. The van der Waals surface area contributed by atoms with Crippen LogP contribution in [0.2, 0.25) is 0 Å². The van der Waals surface area contributed by atoms with Crippen LogP contribution in [0.4, 0.5) is 17.2 Å². The summed E-state index contributed by atoms with van der Waals surface area (Å²) in [5.41, 5.74) is 2.94. The molecule has 0 saturated carbocycles. The predicted octanol–water partition coefficient (Wildman–Crippen LogP) is 7.19. The second kappa shape index (κ2) is 11.4. The predicted molar refractivity (Wildman–Crippen MR) is 137 cm³/mol. The summed E-state index contributed by atoms with van der Waals surface area (Å²) < 4.78 is 0. The summed E-state index contributed by atoms with van der Waals surface area (Å²) in [6.07, 6.45) is 4.45. The van der Waals surface area contributed by atoms with Crippen molar-refractivity contribution in [1.29, 1.82) is 0 Å². The molecule has 0 atom stereocenters. The molecule has 3 aromatic carbocycles. The Labute approximate surface area is 201 Å². The van der Waals surface area contributed by atoms with Gasteiger partial charge in [-0.2, -0.15) is 0 Å². The van der Waals surface area contributed by atoms with Gasteiger partial charge in [0.25, 0.3) is 0 Å². The monoisotopic (exact) mass is 452 g/mol. The van der Waals surface area contributed by atoms with E-state index in [1.165, 1.54) is 0 Å². The number of rotatable bonds is 10. The molecule has 4 rings (SSSR count). The van der Waals surface area contributed by atoms with E-state index in [0.717, 1.165) is 60.9 Å². The van der Waals surface area contributed by atoms with Gasteiger partial charge < -0.3 is 10.0 Å². The Balaban J connectivity index is 1.65. The van der Waals surface area contributed by atoms with Crippen molar-refractivity contribution in [2.24, 2.45) is 10.2 Å². The number of fused-ring (bicyclic) bond motifs is 1. The van der Waals surface area contributed by atoms with Crippen LogP contribution in [0.5, 0.6) is 5.75 Å². The first kappa shape index (κ1) is 23.4. The van der Waals surface area contributed by atoms with Crippen molar-refractivity contribution in [3.8, 4) is 17.1 Å². The van der Waals surface area contributed by atoms with Crippen molar-refractivity contribution in [2.45, 2.75) is 39.5 Å². The molecule has 0 aliphatic rings. The van der Waals surface area contributed by atoms with Gasteiger partial charge in [0, 0.05) is 29.7 Å². The Morgan fingerprint density at radius 2 is 1.50 bits per heavy atom. The molecule has 1 aromatic heterocycles. The van der Waals surface area contributed by atoms with E-state index in [1.807, 2.05) is 60.7 Å². The summed E-state index contributed by atoms with van der Waals surface area (Å²) in [5.74, 6) is 0.884. The van der Waals surface area contributed by atoms with Gasteiger partial charge in [0.2, 0.25) is 0 Å². The normalized spacial score (nSPS) is 11.4. The second-order valence-electron chi connectivity index (χ2n) is 8.30. The number of nitrogens with zero attached hydrogens (tertiary/aromatic N) is 5. The third-order valence-electron chi connectivity index (χ3n) is 5.74. The van der Waals surface area contributed by atoms with Crippen LogP contribution < -0.4 is 10.0 Å². The molecule has 6 nitrogen and oxygen atoms in total. The van der Waals surface area contributed by atoms with Gasteiger partial charge in [-0.15, -0.1) is 10.2 Å². The van der Waals surface area contributed by atoms with Gasteiger partial charge in [0.05, 0.1) is 11.2 Å². The number of aromatic nitrogens is 2. The topological polar surface area (TPSA) is 76.8 Å².